The van der Waals surface area contributed by atoms with Crippen LogP contribution in [0.1, 0.15) is 20.0 Å². The zero-order valence-electron chi connectivity index (χ0n) is 21.7. The lowest BCUT2D eigenvalue weighted by Crippen LogP contribution is -2.09. The molecule has 0 bridgehead atoms. The van der Waals surface area contributed by atoms with E-state index in [2.05, 4.69) is 77.7 Å². The first kappa shape index (κ1) is 25.9. The molecule has 4 aromatic heterocycles. The highest BCUT2D eigenvalue weighted by molar-refractivity contribution is 7.30. The van der Waals surface area contributed by atoms with Gasteiger partial charge in [0.25, 0.3) is 0 Å². The predicted molar refractivity (Wildman–Crippen MR) is 176 cm³/mol. The Morgan fingerprint density at radius 2 is 1.20 bits per heavy atom. The van der Waals surface area contributed by atoms with Gasteiger partial charge in [-0.05, 0) is 77.9 Å². The molecule has 0 aliphatic heterocycles. The van der Waals surface area contributed by atoms with Crippen molar-refractivity contribution < 1.29 is 14.3 Å². The summed E-state index contributed by atoms with van der Waals surface area (Å²) in [6.45, 7) is 0. The van der Waals surface area contributed by atoms with Crippen LogP contribution in [0.2, 0.25) is 0 Å². The summed E-state index contributed by atoms with van der Waals surface area (Å²) in [5, 5.41) is 1.92. The summed E-state index contributed by atoms with van der Waals surface area (Å²) in [5.41, 5.74) is 6.14. The molecule has 0 fully saturated rings. The van der Waals surface area contributed by atoms with Gasteiger partial charge in [0.05, 0.1) is 16.7 Å². The number of hydrogen-bond acceptors (Lipinski definition) is 8. The molecule has 0 aliphatic carbocycles. The van der Waals surface area contributed by atoms with Crippen LogP contribution < -0.4 is 9.64 Å². The number of carbonyl (C=O) groups is 2. The van der Waals surface area contributed by atoms with Crippen molar-refractivity contribution in [3.63, 3.8) is 0 Å². The molecule has 0 spiro atoms. The molecular formula is C33H21NO3S4. The van der Waals surface area contributed by atoms with Crippen LogP contribution in [0.25, 0.3) is 39.7 Å². The van der Waals surface area contributed by atoms with E-state index in [1.54, 1.807) is 41.1 Å². The molecule has 0 N–H and O–H groups in total. The van der Waals surface area contributed by atoms with Crippen LogP contribution in [0.4, 0.5) is 17.1 Å². The van der Waals surface area contributed by atoms with Gasteiger partial charge in [-0.2, -0.15) is 0 Å². The first-order valence-electron chi connectivity index (χ1n) is 12.7. The Balaban J connectivity index is 1.24. The molecular weight excluding hydrogens is 587 g/mol. The van der Waals surface area contributed by atoms with Crippen molar-refractivity contribution in [1.29, 1.82) is 0 Å². The number of rotatable bonds is 8. The molecule has 0 radical (unpaired) electrons. The minimum absolute atomic E-state index is 0.763. The zero-order chi connectivity index (χ0) is 27.9. The number of ether oxygens (including phenoxy) is 1. The maximum absolute atomic E-state index is 11.4. The van der Waals surface area contributed by atoms with Gasteiger partial charge in [-0.25, -0.2) is 0 Å². The molecule has 0 unspecified atom stereocenters. The summed E-state index contributed by atoms with van der Waals surface area (Å²) in [6.07, 6.45) is 1.85. The molecule has 0 amide bonds. The molecule has 0 aliphatic rings. The molecule has 3 aromatic carbocycles. The second kappa shape index (κ2) is 10.7. The number of aldehydes is 2. The number of thiophene rings is 4. The van der Waals surface area contributed by atoms with E-state index in [-0.39, 0.29) is 0 Å². The number of methoxy groups -OCH3 is 1. The zero-order valence-corrected chi connectivity index (χ0v) is 25.0. The van der Waals surface area contributed by atoms with Crippen molar-refractivity contribution in [3.05, 3.63) is 107 Å². The smallest absolute Gasteiger partial charge is 0.160 e. The molecule has 41 heavy (non-hydrogen) atoms. The maximum Gasteiger partial charge on any atom is 0.160 e. The maximum atomic E-state index is 11.4. The minimum atomic E-state index is 0.763. The molecule has 7 rings (SSSR count). The Morgan fingerprint density at radius 3 is 1.76 bits per heavy atom. The monoisotopic (exact) mass is 607 g/mol. The van der Waals surface area contributed by atoms with E-state index < -0.39 is 0 Å². The second-order valence-corrected chi connectivity index (χ2v) is 13.5. The van der Waals surface area contributed by atoms with E-state index >= 15 is 0 Å². The lowest BCUT2D eigenvalue weighted by Gasteiger charge is -2.26. The van der Waals surface area contributed by atoms with Crippen LogP contribution in [0.5, 0.6) is 5.75 Å². The Labute approximate surface area is 252 Å². The van der Waals surface area contributed by atoms with Gasteiger partial charge in [0.15, 0.2) is 12.6 Å². The summed E-state index contributed by atoms with van der Waals surface area (Å²) >= 11 is 6.51. The molecule has 8 heteroatoms. The number of nitrogens with zero attached hydrogens (tertiary/aromatic N) is 1. The average Bonchev–Trinajstić information content (AvgIpc) is 3.79. The quantitative estimate of drug-likeness (QED) is 0.161. The van der Waals surface area contributed by atoms with Gasteiger partial charge >= 0.3 is 0 Å². The molecule has 0 atom stereocenters. The molecule has 7 aromatic rings. The van der Waals surface area contributed by atoms with Crippen LogP contribution in [-0.2, 0) is 0 Å². The van der Waals surface area contributed by atoms with Gasteiger partial charge in [-0.3, -0.25) is 9.59 Å². The standard InChI is InChI=1S/C33H21NO3S4/c1-37-26-12-10-25(11-13-26)34(23-6-2-20(3-7-23)28-15-31-30(40-28)14-27(18-36)39-31)24-8-4-21(5-9-24)29-16-32-33(41-29)22(17-35)19-38-32/h2-19H,1H3. The lowest BCUT2D eigenvalue weighted by molar-refractivity contribution is 0.111. The SMILES string of the molecule is COc1ccc(N(c2ccc(-c3cc4sc(C=O)cc4s3)cc2)c2ccc(-c3cc4scc(C=O)c4s3)cc2)cc1. The van der Waals surface area contributed by atoms with E-state index in [0.29, 0.717) is 0 Å². The van der Waals surface area contributed by atoms with Gasteiger partial charge in [-0.1, -0.05) is 24.3 Å². The highest BCUT2D eigenvalue weighted by atomic mass is 32.1. The summed E-state index contributed by atoms with van der Waals surface area (Å²) in [5.74, 6) is 0.808. The van der Waals surface area contributed by atoms with Crippen LogP contribution >= 0.6 is 45.3 Å². The normalized spacial score (nSPS) is 11.2. The van der Waals surface area contributed by atoms with Crippen LogP contribution in [0, 0.1) is 0 Å². The van der Waals surface area contributed by atoms with Gasteiger partial charge < -0.3 is 9.64 Å². The number of anilines is 3. The van der Waals surface area contributed by atoms with E-state index in [0.717, 1.165) is 80.6 Å². The second-order valence-electron chi connectivity index (χ2n) is 9.35. The van der Waals surface area contributed by atoms with Gasteiger partial charge in [0.2, 0.25) is 0 Å². The van der Waals surface area contributed by atoms with Crippen molar-refractivity contribution in [2.75, 3.05) is 12.0 Å². The molecule has 0 saturated carbocycles. The lowest BCUT2D eigenvalue weighted by atomic mass is 10.1. The summed E-state index contributed by atoms with van der Waals surface area (Å²) in [6, 6.07) is 31.5. The average molecular weight is 608 g/mol. The van der Waals surface area contributed by atoms with Crippen molar-refractivity contribution in [2.24, 2.45) is 0 Å². The predicted octanol–water partition coefficient (Wildman–Crippen LogP) is 10.7. The number of fused-ring (bicyclic) bond motifs is 2. The Bertz CT molecular complexity index is 1980. The first-order chi connectivity index (χ1) is 20.1. The first-order valence-corrected chi connectivity index (χ1v) is 16.1. The van der Waals surface area contributed by atoms with Crippen LogP contribution in [0.3, 0.4) is 0 Å². The Kier molecular flexibility index (Phi) is 6.76. The number of carbonyl (C=O) groups excluding carboxylic acids is 2. The van der Waals surface area contributed by atoms with Crippen molar-refractivity contribution in [3.8, 4) is 26.6 Å². The minimum Gasteiger partial charge on any atom is -0.497 e. The van der Waals surface area contributed by atoms with Crippen molar-refractivity contribution in [2.45, 2.75) is 0 Å². The fraction of sp³-hybridized carbons (Fsp3) is 0.0303. The Hall–Kier alpha value is -4.08. The fourth-order valence-electron chi connectivity index (χ4n) is 4.85. The third-order valence-corrected chi connectivity index (χ3v) is 11.5. The summed E-state index contributed by atoms with van der Waals surface area (Å²) in [7, 11) is 1.67. The number of hydrogen-bond donors (Lipinski definition) is 0. The summed E-state index contributed by atoms with van der Waals surface area (Å²) < 4.78 is 9.89. The van der Waals surface area contributed by atoms with Crippen LogP contribution in [0.15, 0.2) is 96.4 Å². The third kappa shape index (κ3) is 4.79. The molecule has 0 saturated heterocycles. The van der Waals surface area contributed by atoms with Crippen molar-refractivity contribution in [1.82, 2.24) is 0 Å². The highest BCUT2D eigenvalue weighted by Gasteiger charge is 2.16. The summed E-state index contributed by atoms with van der Waals surface area (Å²) in [4.78, 5) is 27.9. The molecule has 200 valence electrons. The topological polar surface area (TPSA) is 46.6 Å². The Morgan fingerprint density at radius 1 is 0.634 bits per heavy atom. The molecule has 4 nitrogen and oxygen atoms in total. The van der Waals surface area contributed by atoms with E-state index in [1.807, 2.05) is 23.6 Å². The molecule has 4 heterocycles. The van der Waals surface area contributed by atoms with Gasteiger partial charge in [0, 0.05) is 51.9 Å². The number of benzene rings is 3. The van der Waals surface area contributed by atoms with E-state index in [4.69, 9.17) is 4.74 Å². The van der Waals surface area contributed by atoms with E-state index in [1.165, 1.54) is 16.2 Å². The van der Waals surface area contributed by atoms with Crippen molar-refractivity contribution >= 4 is 93.8 Å². The van der Waals surface area contributed by atoms with Gasteiger partial charge in [0.1, 0.15) is 5.75 Å². The fourth-order valence-corrected chi connectivity index (χ4v) is 9.37. The largest absolute Gasteiger partial charge is 0.497 e. The van der Waals surface area contributed by atoms with E-state index in [9.17, 15) is 9.59 Å². The third-order valence-electron chi connectivity index (χ3n) is 6.89. The highest BCUT2D eigenvalue weighted by Crippen LogP contribution is 2.42. The van der Waals surface area contributed by atoms with Crippen LogP contribution in [-0.4, -0.2) is 19.7 Å². The van der Waals surface area contributed by atoms with Gasteiger partial charge in [-0.15, -0.1) is 45.3 Å².